The Kier molecular flexibility index (Phi) is 6.71. The van der Waals surface area contributed by atoms with Crippen molar-refractivity contribution in [1.82, 2.24) is 15.6 Å². The van der Waals surface area contributed by atoms with Crippen LogP contribution in [0.4, 0.5) is 0 Å². The van der Waals surface area contributed by atoms with Gasteiger partial charge in [-0.2, -0.15) is 0 Å². The molecule has 1 unspecified atom stereocenters. The van der Waals surface area contributed by atoms with Crippen LogP contribution >= 0.6 is 0 Å². The molecule has 0 bridgehead atoms. The maximum atomic E-state index is 5.67. The Morgan fingerprint density at radius 2 is 2.28 bits per heavy atom. The van der Waals surface area contributed by atoms with Crippen molar-refractivity contribution < 1.29 is 9.47 Å². The zero-order valence-electron chi connectivity index (χ0n) is 14.9. The molecule has 0 aliphatic carbocycles. The number of para-hydroxylation sites is 1. The van der Waals surface area contributed by atoms with Gasteiger partial charge in [0.1, 0.15) is 0 Å². The summed E-state index contributed by atoms with van der Waals surface area (Å²) in [4.78, 5) is 7.67. The van der Waals surface area contributed by atoms with Crippen LogP contribution in [0.15, 0.2) is 35.3 Å². The SMILES string of the molecule is CN=C(NCCCOCC1CCCO1)NCc1cc2ccccc2[nH]1. The molecule has 1 saturated heterocycles. The Bertz CT molecular complexity index is 644. The van der Waals surface area contributed by atoms with Gasteiger partial charge in [-0.05, 0) is 36.8 Å². The van der Waals surface area contributed by atoms with E-state index in [4.69, 9.17) is 9.47 Å². The Morgan fingerprint density at radius 3 is 3.08 bits per heavy atom. The summed E-state index contributed by atoms with van der Waals surface area (Å²) in [6.45, 7) is 3.88. The molecule has 3 rings (SSSR count). The highest BCUT2D eigenvalue weighted by atomic mass is 16.5. The number of ether oxygens (including phenoxy) is 2. The number of guanidine groups is 1. The minimum atomic E-state index is 0.304. The van der Waals surface area contributed by atoms with Gasteiger partial charge in [-0.15, -0.1) is 0 Å². The summed E-state index contributed by atoms with van der Waals surface area (Å²) in [7, 11) is 1.79. The van der Waals surface area contributed by atoms with Crippen LogP contribution in [0.25, 0.3) is 10.9 Å². The predicted molar refractivity (Wildman–Crippen MR) is 101 cm³/mol. The molecule has 6 heteroatoms. The molecule has 6 nitrogen and oxygen atoms in total. The molecule has 0 radical (unpaired) electrons. The van der Waals surface area contributed by atoms with Crippen molar-refractivity contribution in [3.8, 4) is 0 Å². The van der Waals surface area contributed by atoms with Gasteiger partial charge >= 0.3 is 0 Å². The summed E-state index contributed by atoms with van der Waals surface area (Å²) in [6, 6.07) is 10.4. The normalized spacial score (nSPS) is 18.0. The van der Waals surface area contributed by atoms with Crippen molar-refractivity contribution >= 4 is 16.9 Å². The number of nitrogens with one attached hydrogen (secondary N) is 3. The molecule has 1 aliphatic rings. The quantitative estimate of drug-likeness (QED) is 0.391. The number of nitrogens with zero attached hydrogens (tertiary/aromatic N) is 1. The lowest BCUT2D eigenvalue weighted by Crippen LogP contribution is -2.37. The number of hydrogen-bond acceptors (Lipinski definition) is 3. The Balaban J connectivity index is 1.31. The fraction of sp³-hybridized carbons (Fsp3) is 0.526. The largest absolute Gasteiger partial charge is 0.379 e. The van der Waals surface area contributed by atoms with Gasteiger partial charge in [0.05, 0.1) is 19.3 Å². The fourth-order valence-corrected chi connectivity index (χ4v) is 3.00. The molecule has 1 aromatic carbocycles. The summed E-state index contributed by atoms with van der Waals surface area (Å²) in [5, 5.41) is 7.87. The van der Waals surface area contributed by atoms with Gasteiger partial charge in [-0.25, -0.2) is 0 Å². The first-order valence-electron chi connectivity index (χ1n) is 9.05. The average Bonchev–Trinajstić information content (AvgIpc) is 3.29. The van der Waals surface area contributed by atoms with Gasteiger partial charge in [0.25, 0.3) is 0 Å². The molecule has 3 N–H and O–H groups in total. The maximum Gasteiger partial charge on any atom is 0.191 e. The van der Waals surface area contributed by atoms with E-state index in [1.807, 2.05) is 6.07 Å². The van der Waals surface area contributed by atoms with E-state index in [9.17, 15) is 0 Å². The molecule has 136 valence electrons. The lowest BCUT2D eigenvalue weighted by Gasteiger charge is -2.12. The van der Waals surface area contributed by atoms with E-state index < -0.39 is 0 Å². The fourth-order valence-electron chi connectivity index (χ4n) is 3.00. The second-order valence-electron chi connectivity index (χ2n) is 6.30. The number of hydrogen-bond donors (Lipinski definition) is 3. The molecule has 2 aromatic rings. The van der Waals surface area contributed by atoms with E-state index in [1.54, 1.807) is 7.05 Å². The topological polar surface area (TPSA) is 70.7 Å². The van der Waals surface area contributed by atoms with Crippen LogP contribution in [0, 0.1) is 0 Å². The molecule has 0 saturated carbocycles. The van der Waals surface area contributed by atoms with E-state index in [2.05, 4.69) is 44.9 Å². The molecule has 25 heavy (non-hydrogen) atoms. The summed E-state index contributed by atoms with van der Waals surface area (Å²) < 4.78 is 11.2. The number of aromatic amines is 1. The van der Waals surface area contributed by atoms with Crippen LogP contribution < -0.4 is 10.6 Å². The van der Waals surface area contributed by atoms with Crippen molar-refractivity contribution in [2.24, 2.45) is 4.99 Å². The zero-order chi connectivity index (χ0) is 17.3. The molecule has 0 spiro atoms. The number of aromatic nitrogens is 1. The van der Waals surface area contributed by atoms with Gasteiger partial charge in [0, 0.05) is 38.0 Å². The van der Waals surface area contributed by atoms with Gasteiger partial charge in [-0.3, -0.25) is 4.99 Å². The first kappa shape index (κ1) is 17.8. The summed E-state index contributed by atoms with van der Waals surface area (Å²) in [5.74, 6) is 0.804. The lowest BCUT2D eigenvalue weighted by molar-refractivity contribution is 0.0168. The van der Waals surface area contributed by atoms with Crippen molar-refractivity contribution in [2.45, 2.75) is 31.9 Å². The Hall–Kier alpha value is -2.05. The second-order valence-corrected chi connectivity index (χ2v) is 6.30. The highest BCUT2D eigenvalue weighted by Crippen LogP contribution is 2.14. The molecular formula is C19H28N4O2. The van der Waals surface area contributed by atoms with Crippen molar-refractivity contribution in [3.63, 3.8) is 0 Å². The lowest BCUT2D eigenvalue weighted by atomic mass is 10.2. The monoisotopic (exact) mass is 344 g/mol. The number of aliphatic imine (C=N–C) groups is 1. The Labute approximate surface area is 149 Å². The first-order valence-corrected chi connectivity index (χ1v) is 9.05. The van der Waals surface area contributed by atoms with Gasteiger partial charge in [-0.1, -0.05) is 18.2 Å². The van der Waals surface area contributed by atoms with Crippen LogP contribution in [0.3, 0.4) is 0 Å². The van der Waals surface area contributed by atoms with Gasteiger partial charge in [0.2, 0.25) is 0 Å². The first-order chi connectivity index (χ1) is 12.3. The molecule has 1 atom stereocenters. The standard InChI is InChI=1S/C19H28N4O2/c1-20-19(21-9-5-10-24-14-17-7-4-11-25-17)22-13-16-12-15-6-2-3-8-18(15)23-16/h2-3,6,8,12,17,23H,4-5,7,9-11,13-14H2,1H3,(H2,20,21,22). The number of fused-ring (bicyclic) bond motifs is 1. The van der Waals surface area contributed by atoms with Crippen LogP contribution in [0.1, 0.15) is 25.0 Å². The van der Waals surface area contributed by atoms with Crippen molar-refractivity contribution in [1.29, 1.82) is 0 Å². The number of benzene rings is 1. The minimum absolute atomic E-state index is 0.304. The summed E-state index contributed by atoms with van der Waals surface area (Å²) >= 11 is 0. The van der Waals surface area contributed by atoms with E-state index in [1.165, 1.54) is 5.39 Å². The van der Waals surface area contributed by atoms with Crippen LogP contribution in [0.5, 0.6) is 0 Å². The third kappa shape index (κ3) is 5.47. The average molecular weight is 344 g/mol. The van der Waals surface area contributed by atoms with Gasteiger partial charge < -0.3 is 25.1 Å². The zero-order valence-corrected chi connectivity index (χ0v) is 14.9. The van der Waals surface area contributed by atoms with E-state index in [0.717, 1.165) is 56.2 Å². The Morgan fingerprint density at radius 1 is 1.36 bits per heavy atom. The minimum Gasteiger partial charge on any atom is -0.379 e. The molecule has 2 heterocycles. The second kappa shape index (κ2) is 9.44. The van der Waals surface area contributed by atoms with Crippen LogP contribution in [0.2, 0.25) is 0 Å². The number of rotatable bonds is 8. The molecule has 0 amide bonds. The van der Waals surface area contributed by atoms with Crippen molar-refractivity contribution in [3.05, 3.63) is 36.0 Å². The summed E-state index contributed by atoms with van der Waals surface area (Å²) in [5.41, 5.74) is 2.30. The maximum absolute atomic E-state index is 5.67. The van der Waals surface area contributed by atoms with Crippen LogP contribution in [-0.4, -0.2) is 50.5 Å². The predicted octanol–water partition coefficient (Wildman–Crippen LogP) is 2.42. The highest BCUT2D eigenvalue weighted by Gasteiger charge is 2.14. The van der Waals surface area contributed by atoms with Crippen molar-refractivity contribution in [2.75, 3.05) is 33.4 Å². The third-order valence-corrected chi connectivity index (χ3v) is 4.34. The van der Waals surface area contributed by atoms with Gasteiger partial charge in [0.15, 0.2) is 5.96 Å². The van der Waals surface area contributed by atoms with Crippen LogP contribution in [-0.2, 0) is 16.0 Å². The molecular weight excluding hydrogens is 316 g/mol. The highest BCUT2D eigenvalue weighted by molar-refractivity contribution is 5.81. The van der Waals surface area contributed by atoms with E-state index in [0.29, 0.717) is 19.3 Å². The molecule has 1 fully saturated rings. The molecule has 1 aliphatic heterocycles. The van der Waals surface area contributed by atoms with E-state index in [-0.39, 0.29) is 0 Å². The smallest absolute Gasteiger partial charge is 0.191 e. The third-order valence-electron chi connectivity index (χ3n) is 4.34. The summed E-state index contributed by atoms with van der Waals surface area (Å²) in [6.07, 6.45) is 3.54. The number of H-pyrrole nitrogens is 1. The van der Waals surface area contributed by atoms with E-state index >= 15 is 0 Å². The molecule has 1 aromatic heterocycles.